The summed E-state index contributed by atoms with van der Waals surface area (Å²) in [5, 5.41) is 2.91. The number of carbonyl (C=O) groups excluding carboxylic acids is 1. The fourth-order valence-corrected chi connectivity index (χ4v) is 5.19. The van der Waals surface area contributed by atoms with Crippen LogP contribution in [-0.4, -0.2) is 5.97 Å². The van der Waals surface area contributed by atoms with Crippen molar-refractivity contribution in [1.82, 2.24) is 0 Å². The van der Waals surface area contributed by atoms with Crippen LogP contribution < -0.4 is 5.63 Å². The Kier molecular flexibility index (Phi) is 4.00. The maximum Gasteiger partial charge on any atom is 0.336 e. The van der Waals surface area contributed by atoms with Crippen molar-refractivity contribution >= 4 is 27.7 Å². The zero-order chi connectivity index (χ0) is 18.4. The maximum absolute atomic E-state index is 12.4. The lowest BCUT2D eigenvalue weighted by Crippen LogP contribution is -2.17. The molecule has 0 radical (unpaired) electrons. The number of fused-ring (bicyclic) bond motifs is 5. The minimum Gasteiger partial charge on any atom is -0.461 e. The van der Waals surface area contributed by atoms with Crippen molar-refractivity contribution in [2.24, 2.45) is 17.8 Å². The van der Waals surface area contributed by atoms with Gasteiger partial charge in [0.2, 0.25) is 0 Å². The second-order valence-corrected chi connectivity index (χ2v) is 8.05. The monoisotopic (exact) mass is 362 g/mol. The third-order valence-corrected chi connectivity index (χ3v) is 6.42. The van der Waals surface area contributed by atoms with Gasteiger partial charge in [0.1, 0.15) is 12.2 Å². The van der Waals surface area contributed by atoms with Crippen LogP contribution in [0.4, 0.5) is 0 Å². The molecule has 0 aliphatic heterocycles. The Bertz CT molecular complexity index is 1080. The Labute approximate surface area is 157 Å². The first-order valence-electron chi connectivity index (χ1n) is 9.77. The molecule has 27 heavy (non-hydrogen) atoms. The zero-order valence-electron chi connectivity index (χ0n) is 15.1. The van der Waals surface area contributed by atoms with E-state index in [0.717, 1.165) is 22.1 Å². The Morgan fingerprint density at radius 2 is 2.00 bits per heavy atom. The standard InChI is InChI=1S/C23H22O4/c24-21(11-17-10-14-5-6-16(17)9-14)26-13-18-12-22(25)27-20-8-7-15-3-1-2-4-19(15)23(18)20/h1-4,7-8,12,14,16-17H,5-6,9-11,13H2/t14-,16+,17+/m0/s1. The van der Waals surface area contributed by atoms with E-state index < -0.39 is 5.63 Å². The van der Waals surface area contributed by atoms with Crippen molar-refractivity contribution in [3.05, 3.63) is 58.4 Å². The summed E-state index contributed by atoms with van der Waals surface area (Å²) in [6.07, 6.45) is 5.55. The van der Waals surface area contributed by atoms with Gasteiger partial charge in [-0.2, -0.15) is 0 Å². The lowest BCUT2D eigenvalue weighted by Gasteiger charge is -2.20. The lowest BCUT2D eigenvalue weighted by atomic mass is 9.86. The molecular weight excluding hydrogens is 340 g/mol. The highest BCUT2D eigenvalue weighted by atomic mass is 16.5. The molecule has 2 saturated carbocycles. The Morgan fingerprint density at radius 1 is 1.11 bits per heavy atom. The fourth-order valence-electron chi connectivity index (χ4n) is 5.19. The average molecular weight is 362 g/mol. The SMILES string of the molecule is O=C(C[C@H]1C[C@H]2CC[C@@H]1C2)OCc1cc(=O)oc2ccc3ccccc3c12. The topological polar surface area (TPSA) is 56.5 Å². The molecule has 5 rings (SSSR count). The first kappa shape index (κ1) is 16.5. The van der Waals surface area contributed by atoms with Crippen LogP contribution in [0.1, 0.15) is 37.7 Å². The van der Waals surface area contributed by atoms with E-state index >= 15 is 0 Å². The van der Waals surface area contributed by atoms with E-state index in [4.69, 9.17) is 9.15 Å². The molecule has 2 bridgehead atoms. The summed E-state index contributed by atoms with van der Waals surface area (Å²) in [5.74, 6) is 1.85. The summed E-state index contributed by atoms with van der Waals surface area (Å²) in [7, 11) is 0. The van der Waals surface area contributed by atoms with E-state index in [-0.39, 0.29) is 12.6 Å². The van der Waals surface area contributed by atoms with Gasteiger partial charge >= 0.3 is 11.6 Å². The molecule has 2 aliphatic rings. The Morgan fingerprint density at radius 3 is 2.81 bits per heavy atom. The number of carbonyl (C=O) groups is 1. The number of ether oxygens (including phenoxy) is 1. The third-order valence-electron chi connectivity index (χ3n) is 6.42. The predicted molar refractivity (Wildman–Crippen MR) is 103 cm³/mol. The normalized spacial score (nSPS) is 23.9. The van der Waals surface area contributed by atoms with Gasteiger partial charge in [-0.25, -0.2) is 4.79 Å². The van der Waals surface area contributed by atoms with Crippen molar-refractivity contribution in [2.45, 2.75) is 38.7 Å². The first-order valence-corrected chi connectivity index (χ1v) is 9.77. The van der Waals surface area contributed by atoms with Crippen molar-refractivity contribution in [1.29, 1.82) is 0 Å². The average Bonchev–Trinajstić information content (AvgIpc) is 3.28. The van der Waals surface area contributed by atoms with Gasteiger partial charge in [-0.05, 0) is 53.9 Å². The molecular formula is C23H22O4. The number of hydrogen-bond donors (Lipinski definition) is 0. The maximum atomic E-state index is 12.4. The summed E-state index contributed by atoms with van der Waals surface area (Å²) in [6.45, 7) is 0.107. The summed E-state index contributed by atoms with van der Waals surface area (Å²) in [4.78, 5) is 24.4. The second kappa shape index (κ2) is 6.52. The largest absolute Gasteiger partial charge is 0.461 e. The van der Waals surface area contributed by atoms with Crippen LogP contribution in [0, 0.1) is 17.8 Å². The molecule has 4 heteroatoms. The van der Waals surface area contributed by atoms with Crippen LogP contribution >= 0.6 is 0 Å². The van der Waals surface area contributed by atoms with Gasteiger partial charge < -0.3 is 9.15 Å². The van der Waals surface area contributed by atoms with Crippen LogP contribution in [0.15, 0.2) is 51.7 Å². The highest BCUT2D eigenvalue weighted by Gasteiger charge is 2.40. The Hall–Kier alpha value is -2.62. The van der Waals surface area contributed by atoms with Crippen molar-refractivity contribution in [2.75, 3.05) is 0 Å². The molecule has 0 amide bonds. The first-order chi connectivity index (χ1) is 13.2. The van der Waals surface area contributed by atoms with Gasteiger partial charge in [0.25, 0.3) is 0 Å². The summed E-state index contributed by atoms with van der Waals surface area (Å²) in [5.41, 5.74) is 0.816. The van der Waals surface area contributed by atoms with Gasteiger partial charge in [0.15, 0.2) is 0 Å². The number of benzene rings is 2. The molecule has 2 aliphatic carbocycles. The minimum atomic E-state index is -0.420. The van der Waals surface area contributed by atoms with E-state index in [1.165, 1.54) is 31.7 Å². The zero-order valence-corrected chi connectivity index (χ0v) is 15.1. The lowest BCUT2D eigenvalue weighted by molar-refractivity contribution is -0.146. The van der Waals surface area contributed by atoms with Crippen LogP contribution in [0.5, 0.6) is 0 Å². The van der Waals surface area contributed by atoms with E-state index in [2.05, 4.69) is 0 Å². The van der Waals surface area contributed by atoms with E-state index in [0.29, 0.717) is 29.4 Å². The molecule has 0 spiro atoms. The molecule has 138 valence electrons. The number of rotatable bonds is 4. The van der Waals surface area contributed by atoms with Gasteiger partial charge in [-0.1, -0.05) is 36.8 Å². The van der Waals surface area contributed by atoms with Crippen molar-refractivity contribution < 1.29 is 13.9 Å². The summed E-state index contributed by atoms with van der Waals surface area (Å²) in [6, 6.07) is 13.1. The smallest absolute Gasteiger partial charge is 0.336 e. The molecule has 0 N–H and O–H groups in total. The molecule has 3 aromatic rings. The van der Waals surface area contributed by atoms with Crippen molar-refractivity contribution in [3.63, 3.8) is 0 Å². The third kappa shape index (κ3) is 3.03. The summed E-state index contributed by atoms with van der Waals surface area (Å²) >= 11 is 0. The predicted octanol–water partition coefficient (Wildman–Crippen LogP) is 4.82. The molecule has 1 aromatic heterocycles. The molecule has 2 aromatic carbocycles. The van der Waals surface area contributed by atoms with Crippen LogP contribution in [0.3, 0.4) is 0 Å². The van der Waals surface area contributed by atoms with Gasteiger partial charge in [0.05, 0.1) is 0 Å². The highest BCUT2D eigenvalue weighted by Crippen LogP contribution is 2.49. The van der Waals surface area contributed by atoms with Crippen molar-refractivity contribution in [3.8, 4) is 0 Å². The van der Waals surface area contributed by atoms with E-state index in [1.807, 2.05) is 30.3 Å². The molecule has 0 saturated heterocycles. The molecule has 4 nitrogen and oxygen atoms in total. The van der Waals surface area contributed by atoms with Gasteiger partial charge in [0, 0.05) is 23.4 Å². The Balaban J connectivity index is 1.40. The van der Waals surface area contributed by atoms with Gasteiger partial charge in [-0.3, -0.25) is 4.79 Å². The quantitative estimate of drug-likeness (QED) is 0.379. The van der Waals surface area contributed by atoms with Crippen LogP contribution in [0.2, 0.25) is 0 Å². The molecule has 3 atom stereocenters. The molecule has 0 unspecified atom stereocenters. The number of hydrogen-bond acceptors (Lipinski definition) is 4. The van der Waals surface area contributed by atoms with Crippen LogP contribution in [0.25, 0.3) is 21.7 Å². The minimum absolute atomic E-state index is 0.107. The molecule has 1 heterocycles. The molecule has 2 fully saturated rings. The van der Waals surface area contributed by atoms with Gasteiger partial charge in [-0.15, -0.1) is 0 Å². The highest BCUT2D eigenvalue weighted by molar-refractivity contribution is 6.07. The summed E-state index contributed by atoms with van der Waals surface area (Å²) < 4.78 is 11.0. The van der Waals surface area contributed by atoms with E-state index in [1.54, 1.807) is 6.07 Å². The second-order valence-electron chi connectivity index (χ2n) is 8.05. The fraction of sp³-hybridized carbons (Fsp3) is 0.391. The number of esters is 1. The van der Waals surface area contributed by atoms with E-state index in [9.17, 15) is 9.59 Å². The van der Waals surface area contributed by atoms with Crippen LogP contribution in [-0.2, 0) is 16.1 Å².